The Morgan fingerprint density at radius 3 is 2.38 bits per heavy atom. The lowest BCUT2D eigenvalue weighted by molar-refractivity contribution is 0.803. The molecule has 1 nitrogen and oxygen atoms in total. The summed E-state index contributed by atoms with van der Waals surface area (Å²) in [6, 6.07) is 14.3. The second-order valence-electron chi connectivity index (χ2n) is 4.28. The molecule has 1 aromatic heterocycles. The number of rotatable bonds is 2. The highest BCUT2D eigenvalue weighted by Crippen LogP contribution is 2.54. The van der Waals surface area contributed by atoms with Gasteiger partial charge in [0.25, 0.3) is 0 Å². The van der Waals surface area contributed by atoms with Crippen molar-refractivity contribution >= 4 is 11.6 Å². The smallest absolute Gasteiger partial charge is 0.0695 e. The van der Waals surface area contributed by atoms with E-state index in [4.69, 9.17) is 11.6 Å². The van der Waals surface area contributed by atoms with Crippen LogP contribution < -0.4 is 0 Å². The Balaban J connectivity index is 2.11. The van der Waals surface area contributed by atoms with Crippen LogP contribution in [-0.2, 0) is 5.41 Å². The highest BCUT2D eigenvalue weighted by Gasteiger charge is 2.48. The monoisotopic (exact) mass is 229 g/mol. The molecule has 1 aliphatic rings. The molecule has 1 aliphatic carbocycles. The zero-order chi connectivity index (χ0) is 11.0. The van der Waals surface area contributed by atoms with E-state index < -0.39 is 0 Å². The number of halogens is 1. The van der Waals surface area contributed by atoms with E-state index >= 15 is 0 Å². The molecule has 80 valence electrons. The fourth-order valence-corrected chi connectivity index (χ4v) is 2.58. The minimum Gasteiger partial charge on any atom is -0.259 e. The van der Waals surface area contributed by atoms with Crippen molar-refractivity contribution in [3.63, 3.8) is 0 Å². The largest absolute Gasteiger partial charge is 0.259 e. The van der Waals surface area contributed by atoms with Gasteiger partial charge >= 0.3 is 0 Å². The quantitative estimate of drug-likeness (QED) is 0.763. The molecule has 0 N–H and O–H groups in total. The van der Waals surface area contributed by atoms with E-state index in [1.807, 2.05) is 24.4 Å². The van der Waals surface area contributed by atoms with Crippen molar-refractivity contribution in [2.45, 2.75) is 18.3 Å². The van der Waals surface area contributed by atoms with E-state index in [0.29, 0.717) is 0 Å². The molecule has 2 aromatic rings. The Morgan fingerprint density at radius 2 is 1.75 bits per heavy atom. The third-order valence-electron chi connectivity index (χ3n) is 3.29. The number of benzene rings is 1. The molecule has 0 unspecified atom stereocenters. The Bertz CT molecular complexity index is 503. The lowest BCUT2D eigenvalue weighted by Gasteiger charge is -2.16. The number of hydrogen-bond donors (Lipinski definition) is 0. The number of aromatic nitrogens is 1. The van der Waals surface area contributed by atoms with Crippen molar-refractivity contribution in [3.05, 3.63) is 64.9 Å². The number of hydrogen-bond acceptors (Lipinski definition) is 1. The Hall–Kier alpha value is -1.34. The van der Waals surface area contributed by atoms with Crippen molar-refractivity contribution in [3.8, 4) is 0 Å². The Kier molecular flexibility index (Phi) is 2.22. The molecule has 1 fully saturated rings. The second kappa shape index (κ2) is 3.60. The van der Waals surface area contributed by atoms with Crippen LogP contribution in [0, 0.1) is 0 Å². The summed E-state index contributed by atoms with van der Waals surface area (Å²) in [5.74, 6) is 0. The molecule has 2 heteroatoms. The average molecular weight is 230 g/mol. The van der Waals surface area contributed by atoms with Crippen LogP contribution in [0.1, 0.15) is 24.1 Å². The third kappa shape index (κ3) is 1.43. The first-order valence-electron chi connectivity index (χ1n) is 5.49. The van der Waals surface area contributed by atoms with E-state index in [1.165, 1.54) is 5.56 Å². The molecule has 0 saturated heterocycles. The standard InChI is InChI=1S/C14H12ClN/c15-12-7-4-10-16-13(12)14(8-9-14)11-5-2-1-3-6-11/h1-7,10H,8-9H2. The van der Waals surface area contributed by atoms with Gasteiger partial charge in [-0.15, -0.1) is 0 Å². The molecule has 0 aliphatic heterocycles. The van der Waals surface area contributed by atoms with Crippen LogP contribution >= 0.6 is 11.6 Å². The van der Waals surface area contributed by atoms with E-state index in [0.717, 1.165) is 23.6 Å². The predicted octanol–water partition coefficient (Wildman–Crippen LogP) is 3.81. The summed E-state index contributed by atoms with van der Waals surface area (Å²) < 4.78 is 0. The zero-order valence-corrected chi connectivity index (χ0v) is 9.61. The Labute approximate surface area is 100 Å². The molecule has 1 saturated carbocycles. The molecule has 1 heterocycles. The van der Waals surface area contributed by atoms with Crippen LogP contribution in [0.15, 0.2) is 48.7 Å². The van der Waals surface area contributed by atoms with Crippen LogP contribution in [0.2, 0.25) is 5.02 Å². The summed E-state index contributed by atoms with van der Waals surface area (Å²) >= 11 is 6.24. The SMILES string of the molecule is Clc1cccnc1C1(c2ccccc2)CC1. The molecule has 0 spiro atoms. The molecular formula is C14H12ClN. The minimum atomic E-state index is 0.0829. The van der Waals surface area contributed by atoms with Crippen molar-refractivity contribution in [2.75, 3.05) is 0 Å². The average Bonchev–Trinajstić information content (AvgIpc) is 3.12. The number of pyridine rings is 1. The van der Waals surface area contributed by atoms with Gasteiger partial charge in [0.2, 0.25) is 0 Å². The van der Waals surface area contributed by atoms with Gasteiger partial charge in [-0.25, -0.2) is 0 Å². The van der Waals surface area contributed by atoms with Gasteiger partial charge in [0, 0.05) is 11.6 Å². The lowest BCUT2D eigenvalue weighted by Crippen LogP contribution is -2.11. The van der Waals surface area contributed by atoms with Crippen molar-refractivity contribution in [2.24, 2.45) is 0 Å². The highest BCUT2D eigenvalue weighted by molar-refractivity contribution is 6.31. The van der Waals surface area contributed by atoms with Gasteiger partial charge in [0.1, 0.15) is 0 Å². The van der Waals surface area contributed by atoms with E-state index in [-0.39, 0.29) is 5.41 Å². The maximum atomic E-state index is 6.24. The summed E-state index contributed by atoms with van der Waals surface area (Å²) in [6.45, 7) is 0. The van der Waals surface area contributed by atoms with Crippen LogP contribution in [0.4, 0.5) is 0 Å². The summed E-state index contributed by atoms with van der Waals surface area (Å²) in [5.41, 5.74) is 2.44. The van der Waals surface area contributed by atoms with Crippen LogP contribution in [0.25, 0.3) is 0 Å². The van der Waals surface area contributed by atoms with Crippen LogP contribution in [-0.4, -0.2) is 4.98 Å². The maximum absolute atomic E-state index is 6.24. The fourth-order valence-electron chi connectivity index (χ4n) is 2.28. The third-order valence-corrected chi connectivity index (χ3v) is 3.59. The topological polar surface area (TPSA) is 12.9 Å². The first-order valence-corrected chi connectivity index (χ1v) is 5.87. The minimum absolute atomic E-state index is 0.0829. The van der Waals surface area contributed by atoms with Gasteiger partial charge in [-0.3, -0.25) is 4.98 Å². The molecule has 0 amide bonds. The molecule has 0 radical (unpaired) electrons. The van der Waals surface area contributed by atoms with Gasteiger partial charge in [-0.2, -0.15) is 0 Å². The molecule has 1 aromatic carbocycles. The van der Waals surface area contributed by atoms with Gasteiger partial charge in [0.05, 0.1) is 10.7 Å². The maximum Gasteiger partial charge on any atom is 0.0695 e. The summed E-state index contributed by atoms with van der Waals surface area (Å²) in [6.07, 6.45) is 4.12. The van der Waals surface area contributed by atoms with Crippen LogP contribution in [0.3, 0.4) is 0 Å². The van der Waals surface area contributed by atoms with Crippen molar-refractivity contribution in [1.29, 1.82) is 0 Å². The van der Waals surface area contributed by atoms with E-state index in [2.05, 4.69) is 29.2 Å². The normalized spacial score (nSPS) is 17.1. The van der Waals surface area contributed by atoms with Crippen molar-refractivity contribution in [1.82, 2.24) is 4.98 Å². The van der Waals surface area contributed by atoms with Gasteiger partial charge in [0.15, 0.2) is 0 Å². The molecule has 0 atom stereocenters. The summed E-state index contributed by atoms with van der Waals surface area (Å²) in [5, 5.41) is 0.781. The fraction of sp³-hybridized carbons (Fsp3) is 0.214. The first kappa shape index (κ1) is 9.86. The molecule has 0 bridgehead atoms. The predicted molar refractivity (Wildman–Crippen MR) is 65.7 cm³/mol. The zero-order valence-electron chi connectivity index (χ0n) is 8.86. The van der Waals surface area contributed by atoms with Gasteiger partial charge in [-0.05, 0) is 30.5 Å². The number of nitrogens with zero attached hydrogens (tertiary/aromatic N) is 1. The molecule has 16 heavy (non-hydrogen) atoms. The molecule has 3 rings (SSSR count). The first-order chi connectivity index (χ1) is 7.83. The van der Waals surface area contributed by atoms with Crippen molar-refractivity contribution < 1.29 is 0 Å². The van der Waals surface area contributed by atoms with Gasteiger partial charge < -0.3 is 0 Å². The highest BCUT2D eigenvalue weighted by atomic mass is 35.5. The van der Waals surface area contributed by atoms with Crippen LogP contribution in [0.5, 0.6) is 0 Å². The molecular weight excluding hydrogens is 218 g/mol. The van der Waals surface area contributed by atoms with E-state index in [1.54, 1.807) is 0 Å². The summed E-state index contributed by atoms with van der Waals surface area (Å²) in [7, 11) is 0. The van der Waals surface area contributed by atoms with E-state index in [9.17, 15) is 0 Å². The Morgan fingerprint density at radius 1 is 1.00 bits per heavy atom. The summed E-state index contributed by atoms with van der Waals surface area (Å²) in [4.78, 5) is 4.46. The lowest BCUT2D eigenvalue weighted by atomic mass is 9.92. The van der Waals surface area contributed by atoms with Gasteiger partial charge in [-0.1, -0.05) is 41.9 Å². The second-order valence-corrected chi connectivity index (χ2v) is 4.69.